The standard InChI is InChI=1S/C8H6BrIN2O4/c9-11-5(13)1-3(7(11)15)4-2-6(14)12(10)8(4)16/h3-4H,1-2H2. The molecule has 0 saturated carbocycles. The van der Waals surface area contributed by atoms with Crippen LogP contribution in [0.5, 0.6) is 0 Å². The molecule has 4 amide bonds. The maximum atomic E-state index is 11.7. The molecule has 2 rings (SSSR count). The van der Waals surface area contributed by atoms with Crippen molar-refractivity contribution in [3.8, 4) is 0 Å². The van der Waals surface area contributed by atoms with Gasteiger partial charge in [-0.1, -0.05) is 0 Å². The molecule has 8 heteroatoms. The maximum Gasteiger partial charge on any atom is 0.243 e. The van der Waals surface area contributed by atoms with E-state index in [1.807, 2.05) is 0 Å². The molecular weight excluding hydrogens is 395 g/mol. The first kappa shape index (κ1) is 12.0. The van der Waals surface area contributed by atoms with Gasteiger partial charge in [0.05, 0.1) is 50.8 Å². The SMILES string of the molecule is O=C1CC(C2CC(=O)N(I)C2=O)C(=O)N1Br. The third kappa shape index (κ3) is 1.67. The molecule has 0 radical (unpaired) electrons. The monoisotopic (exact) mass is 400 g/mol. The number of imide groups is 2. The summed E-state index contributed by atoms with van der Waals surface area (Å²) >= 11 is 4.45. The number of amides is 4. The Morgan fingerprint density at radius 2 is 1.50 bits per heavy atom. The number of nitrogens with zero attached hydrogens (tertiary/aromatic N) is 2. The number of hydrogen-bond donors (Lipinski definition) is 0. The van der Waals surface area contributed by atoms with Crippen LogP contribution in [0.1, 0.15) is 12.8 Å². The van der Waals surface area contributed by atoms with Gasteiger partial charge in [0, 0.05) is 12.8 Å². The molecule has 6 nitrogen and oxygen atoms in total. The lowest BCUT2D eigenvalue weighted by molar-refractivity contribution is -0.137. The van der Waals surface area contributed by atoms with E-state index in [0.717, 1.165) is 7.04 Å². The molecule has 16 heavy (non-hydrogen) atoms. The molecule has 0 aliphatic carbocycles. The molecule has 2 saturated heterocycles. The Hall–Kier alpha value is -0.510. The second-order valence-corrected chi connectivity index (χ2v) is 5.32. The Morgan fingerprint density at radius 3 is 1.88 bits per heavy atom. The maximum absolute atomic E-state index is 11.7. The molecule has 0 spiro atoms. The van der Waals surface area contributed by atoms with E-state index >= 15 is 0 Å². The fourth-order valence-electron chi connectivity index (χ4n) is 1.88. The van der Waals surface area contributed by atoms with Crippen LogP contribution in [-0.4, -0.2) is 30.7 Å². The lowest BCUT2D eigenvalue weighted by atomic mass is 9.89. The fourth-order valence-corrected chi connectivity index (χ4v) is 2.84. The van der Waals surface area contributed by atoms with E-state index in [1.165, 1.54) is 0 Å². The molecule has 0 N–H and O–H groups in total. The summed E-state index contributed by atoms with van der Waals surface area (Å²) in [4.78, 5) is 45.9. The zero-order chi connectivity index (χ0) is 12.0. The Morgan fingerprint density at radius 1 is 1.00 bits per heavy atom. The molecule has 2 unspecified atom stereocenters. The second kappa shape index (κ2) is 4.06. The highest BCUT2D eigenvalue weighted by Gasteiger charge is 2.50. The average Bonchev–Trinajstić information content (AvgIpc) is 2.64. The zero-order valence-corrected chi connectivity index (χ0v) is 11.6. The van der Waals surface area contributed by atoms with Crippen LogP contribution < -0.4 is 0 Å². The number of carbonyl (C=O) groups excluding carboxylic acids is 4. The van der Waals surface area contributed by atoms with Crippen LogP contribution >= 0.6 is 39.0 Å². The molecule has 0 aromatic heterocycles. The minimum atomic E-state index is -0.705. The van der Waals surface area contributed by atoms with Gasteiger partial charge in [-0.2, -0.15) is 0 Å². The van der Waals surface area contributed by atoms with Crippen LogP contribution in [-0.2, 0) is 19.2 Å². The lowest BCUT2D eigenvalue weighted by Gasteiger charge is -2.12. The number of carbonyl (C=O) groups is 4. The van der Waals surface area contributed by atoms with Crippen LogP contribution in [0.4, 0.5) is 0 Å². The summed E-state index contributed by atoms with van der Waals surface area (Å²) in [5.41, 5.74) is 0. The second-order valence-electron chi connectivity index (χ2n) is 3.65. The molecule has 86 valence electrons. The van der Waals surface area contributed by atoms with Gasteiger partial charge in [-0.15, -0.1) is 0 Å². The van der Waals surface area contributed by atoms with Gasteiger partial charge >= 0.3 is 0 Å². The van der Waals surface area contributed by atoms with Gasteiger partial charge < -0.3 is 0 Å². The highest BCUT2D eigenvalue weighted by molar-refractivity contribution is 14.1. The van der Waals surface area contributed by atoms with Crippen molar-refractivity contribution in [2.45, 2.75) is 12.8 Å². The predicted molar refractivity (Wildman–Crippen MR) is 62.9 cm³/mol. The topological polar surface area (TPSA) is 74.8 Å². The number of hydrogen-bond acceptors (Lipinski definition) is 4. The Kier molecular flexibility index (Phi) is 3.03. The van der Waals surface area contributed by atoms with Crippen LogP contribution in [0.25, 0.3) is 0 Å². The molecule has 2 aliphatic rings. The van der Waals surface area contributed by atoms with E-state index in [9.17, 15) is 19.2 Å². The van der Waals surface area contributed by atoms with E-state index in [2.05, 4.69) is 16.1 Å². The van der Waals surface area contributed by atoms with Crippen molar-refractivity contribution < 1.29 is 19.2 Å². The molecule has 0 aromatic carbocycles. The van der Waals surface area contributed by atoms with Crippen LogP contribution in [0.2, 0.25) is 0 Å². The lowest BCUT2D eigenvalue weighted by Crippen LogP contribution is -2.29. The zero-order valence-electron chi connectivity index (χ0n) is 7.85. The van der Waals surface area contributed by atoms with Crippen LogP contribution in [0, 0.1) is 11.8 Å². The van der Waals surface area contributed by atoms with Gasteiger partial charge in [-0.05, 0) is 0 Å². The van der Waals surface area contributed by atoms with Crippen LogP contribution in [0.3, 0.4) is 0 Å². The Balaban J connectivity index is 2.22. The van der Waals surface area contributed by atoms with E-state index in [4.69, 9.17) is 0 Å². The fraction of sp³-hybridized carbons (Fsp3) is 0.500. The summed E-state index contributed by atoms with van der Waals surface area (Å²) in [5.74, 6) is -2.92. The largest absolute Gasteiger partial charge is 0.274 e. The highest BCUT2D eigenvalue weighted by atomic mass is 127. The molecule has 2 aliphatic heterocycles. The summed E-state index contributed by atoms with van der Waals surface area (Å²) in [6.07, 6.45) is -0.00938. The highest BCUT2D eigenvalue weighted by Crippen LogP contribution is 2.36. The van der Waals surface area contributed by atoms with Crippen molar-refractivity contribution in [3.05, 3.63) is 0 Å². The van der Waals surface area contributed by atoms with Crippen molar-refractivity contribution in [3.63, 3.8) is 0 Å². The molecule has 0 aromatic rings. The third-order valence-electron chi connectivity index (χ3n) is 2.73. The molecule has 0 bridgehead atoms. The van der Waals surface area contributed by atoms with Crippen molar-refractivity contribution in [2.75, 3.05) is 0 Å². The first-order valence-corrected chi connectivity index (χ1v) is 6.16. The van der Waals surface area contributed by atoms with Crippen LogP contribution in [0.15, 0.2) is 0 Å². The van der Waals surface area contributed by atoms with E-state index < -0.39 is 17.7 Å². The quantitative estimate of drug-likeness (QED) is 0.362. The summed E-state index contributed by atoms with van der Waals surface area (Å²) in [5, 5.41) is 0. The van der Waals surface area contributed by atoms with E-state index in [0.29, 0.717) is 0 Å². The predicted octanol–water partition coefficient (Wildman–Crippen LogP) is 0.396. The summed E-state index contributed by atoms with van der Waals surface area (Å²) in [6.45, 7) is 0. The molecule has 2 atom stereocenters. The Labute approximate surface area is 113 Å². The summed E-state index contributed by atoms with van der Waals surface area (Å²) in [6, 6.07) is 0. The van der Waals surface area contributed by atoms with Gasteiger partial charge in [0.2, 0.25) is 23.6 Å². The minimum Gasteiger partial charge on any atom is -0.274 e. The van der Waals surface area contributed by atoms with Crippen molar-refractivity contribution in [1.82, 2.24) is 7.04 Å². The third-order valence-corrected chi connectivity index (χ3v) is 4.49. The van der Waals surface area contributed by atoms with E-state index in [-0.39, 0.29) is 30.6 Å². The van der Waals surface area contributed by atoms with Gasteiger partial charge in [-0.3, -0.25) is 19.2 Å². The minimum absolute atomic E-state index is 0.00625. The normalized spacial score (nSPS) is 30.9. The van der Waals surface area contributed by atoms with E-state index in [1.54, 1.807) is 22.9 Å². The molecule has 2 heterocycles. The molecule has 2 fully saturated rings. The van der Waals surface area contributed by atoms with Gasteiger partial charge in [0.25, 0.3) is 0 Å². The first-order chi connectivity index (χ1) is 7.43. The smallest absolute Gasteiger partial charge is 0.243 e. The number of rotatable bonds is 1. The molecular formula is C8H6BrIN2O4. The summed E-state index contributed by atoms with van der Waals surface area (Å²) in [7, 11) is 0. The first-order valence-electron chi connectivity index (χ1n) is 4.48. The average molecular weight is 401 g/mol. The van der Waals surface area contributed by atoms with Gasteiger partial charge in [0.1, 0.15) is 0 Å². The Bertz CT molecular complexity index is 375. The van der Waals surface area contributed by atoms with Crippen molar-refractivity contribution in [2.24, 2.45) is 11.8 Å². The van der Waals surface area contributed by atoms with Crippen molar-refractivity contribution in [1.29, 1.82) is 0 Å². The van der Waals surface area contributed by atoms with Gasteiger partial charge in [-0.25, -0.2) is 7.04 Å². The summed E-state index contributed by atoms with van der Waals surface area (Å²) < 4.78 is 1.82. The van der Waals surface area contributed by atoms with Gasteiger partial charge in [0.15, 0.2) is 0 Å². The number of halogens is 2. The van der Waals surface area contributed by atoms with Crippen molar-refractivity contribution >= 4 is 62.6 Å².